The van der Waals surface area contributed by atoms with Gasteiger partial charge in [-0.05, 0) is 73.0 Å². The lowest BCUT2D eigenvalue weighted by Crippen LogP contribution is -2.42. The summed E-state index contributed by atoms with van der Waals surface area (Å²) in [5, 5.41) is 20.5. The second-order valence-corrected chi connectivity index (χ2v) is 14.9. The zero-order valence-electron chi connectivity index (χ0n) is 25.2. The predicted octanol–water partition coefficient (Wildman–Crippen LogP) is 5.59. The smallest absolute Gasteiger partial charge is 0.189 e. The van der Waals surface area contributed by atoms with Crippen LogP contribution in [0.5, 0.6) is 0 Å². The molecule has 0 fully saturated rings. The predicted molar refractivity (Wildman–Crippen MR) is 207 cm³/mol. The summed E-state index contributed by atoms with van der Waals surface area (Å²) < 4.78 is 0. The van der Waals surface area contributed by atoms with E-state index in [1.807, 2.05) is 54.6 Å². The molecular weight excluding hydrogens is 644 g/mol. The van der Waals surface area contributed by atoms with Crippen molar-refractivity contribution >= 4 is 81.9 Å². The third kappa shape index (κ3) is 8.05. The number of thiol groups is 1. The first kappa shape index (κ1) is 33.0. The van der Waals surface area contributed by atoms with E-state index >= 15 is 0 Å². The summed E-state index contributed by atoms with van der Waals surface area (Å²) in [6.45, 7) is 0. The Hall–Kier alpha value is -4.40. The number of hydrazone groups is 2. The van der Waals surface area contributed by atoms with Gasteiger partial charge in [0.15, 0.2) is 10.2 Å². The van der Waals surface area contributed by atoms with Gasteiger partial charge in [0.25, 0.3) is 0 Å². The summed E-state index contributed by atoms with van der Waals surface area (Å²) >= 11 is 15.7. The number of hydrogen-bond acceptors (Lipinski definition) is 5. The first-order valence-electron chi connectivity index (χ1n) is 14.6. The number of benzene rings is 5. The van der Waals surface area contributed by atoms with Crippen molar-refractivity contribution in [3.63, 3.8) is 0 Å². The number of hydrogen-bond donors (Lipinski definition) is 5. The van der Waals surface area contributed by atoms with Crippen LogP contribution in [0, 0.1) is 0 Å². The summed E-state index contributed by atoms with van der Waals surface area (Å²) in [7, 11) is -0.422. The molecule has 10 heteroatoms. The molecule has 0 aliphatic heterocycles. The number of rotatable bonds is 10. The van der Waals surface area contributed by atoms with Crippen molar-refractivity contribution in [1.29, 1.82) is 0 Å². The Morgan fingerprint density at radius 3 is 1.39 bits per heavy atom. The molecule has 0 amide bonds. The molecule has 0 radical (unpaired) electrons. The molecule has 0 aliphatic carbocycles. The van der Waals surface area contributed by atoms with E-state index in [9.17, 15) is 0 Å². The topological polar surface area (TPSA) is 72.8 Å². The summed E-state index contributed by atoms with van der Waals surface area (Å²) in [6.07, 6.45) is 0.593. The maximum absolute atomic E-state index is 5.88. The molecule has 0 bridgehead atoms. The minimum absolute atomic E-state index is 0.379. The molecule has 5 aromatic carbocycles. The van der Waals surface area contributed by atoms with Crippen molar-refractivity contribution in [2.24, 2.45) is 10.2 Å². The quantitative estimate of drug-likeness (QED) is 0.0437. The fraction of sp³-hybridized carbons (Fsp3) is 0.0556. The van der Waals surface area contributed by atoms with E-state index in [1.165, 1.54) is 15.9 Å². The Morgan fingerprint density at radius 2 is 0.957 bits per heavy atom. The van der Waals surface area contributed by atoms with Gasteiger partial charge in [-0.3, -0.25) is 10.9 Å². The highest BCUT2D eigenvalue weighted by Crippen LogP contribution is 2.54. The van der Waals surface area contributed by atoms with Crippen LogP contribution >= 0.6 is 44.3 Å². The van der Waals surface area contributed by atoms with Crippen LogP contribution in [-0.2, 0) is 0 Å². The van der Waals surface area contributed by atoms with Crippen molar-refractivity contribution in [1.82, 2.24) is 21.5 Å². The van der Waals surface area contributed by atoms with Gasteiger partial charge in [0.1, 0.15) is 40.9 Å². The second kappa shape index (κ2) is 16.2. The summed E-state index contributed by atoms with van der Waals surface area (Å²) in [5.74, 6) is 0. The summed E-state index contributed by atoms with van der Waals surface area (Å²) in [6, 6.07) is 49.5. The maximum Gasteiger partial charge on any atom is 0.189 e. The monoisotopic (exact) mass is 677 g/mol. The fourth-order valence-electron chi connectivity index (χ4n) is 4.99. The third-order valence-corrected chi connectivity index (χ3v) is 12.2. The van der Waals surface area contributed by atoms with Gasteiger partial charge in [-0.25, -0.2) is 0 Å². The van der Waals surface area contributed by atoms with Crippen LogP contribution in [0.3, 0.4) is 0 Å². The van der Waals surface area contributed by atoms with Crippen LogP contribution in [0.4, 0.5) is 0 Å². The van der Waals surface area contributed by atoms with Crippen LogP contribution in [0.15, 0.2) is 161 Å². The van der Waals surface area contributed by atoms with Gasteiger partial charge in [-0.1, -0.05) is 97.1 Å². The molecule has 230 valence electrons. The Morgan fingerprint density at radius 1 is 0.565 bits per heavy atom. The molecule has 0 spiro atoms. The standard InChI is InChI=1S/C36H33N6PS3/c1-37-35(45)41-39-34(28-22-24-32(44)25-23-28)33(27-14-6-2-7-15-27)40-42-36(46)38-26-43(29-16-8-3-9-17-29,30-18-10-4-11-19-30)31-20-12-5-13-21-31/h2-25H,26H2,1H3,(H4-,37,38,39,40,41,42,44,45,46)/p+1. The third-order valence-electron chi connectivity index (χ3n) is 7.25. The van der Waals surface area contributed by atoms with E-state index in [-0.39, 0.29) is 0 Å². The zero-order valence-corrected chi connectivity index (χ0v) is 28.6. The van der Waals surface area contributed by atoms with Gasteiger partial charge in [0.2, 0.25) is 0 Å². The van der Waals surface area contributed by atoms with Crippen LogP contribution in [0.1, 0.15) is 11.1 Å². The van der Waals surface area contributed by atoms with E-state index in [0.717, 1.165) is 16.0 Å². The molecule has 0 unspecified atom stereocenters. The van der Waals surface area contributed by atoms with Crippen molar-refractivity contribution in [2.75, 3.05) is 13.3 Å². The molecule has 6 nitrogen and oxygen atoms in total. The second-order valence-electron chi connectivity index (χ2n) is 10.1. The molecule has 4 N–H and O–H groups in total. The number of thiocarbonyl (C=S) groups is 2. The summed E-state index contributed by atoms with van der Waals surface area (Å²) in [5.41, 5.74) is 8.88. The van der Waals surface area contributed by atoms with Gasteiger partial charge >= 0.3 is 0 Å². The largest absolute Gasteiger partial charge is 0.364 e. The molecular formula is C36H34N6PS3+. The first-order valence-corrected chi connectivity index (χ1v) is 17.8. The van der Waals surface area contributed by atoms with Gasteiger partial charge in [0.05, 0.1) is 0 Å². The maximum atomic E-state index is 5.88. The molecule has 5 aromatic rings. The minimum atomic E-state index is -2.16. The molecule has 0 atom stereocenters. The van der Waals surface area contributed by atoms with Crippen molar-refractivity contribution < 1.29 is 0 Å². The van der Waals surface area contributed by atoms with E-state index in [4.69, 9.17) is 29.5 Å². The van der Waals surface area contributed by atoms with Crippen molar-refractivity contribution in [2.45, 2.75) is 4.90 Å². The molecule has 0 heterocycles. The number of nitrogens with one attached hydrogen (secondary N) is 4. The Labute approximate surface area is 287 Å². The summed E-state index contributed by atoms with van der Waals surface area (Å²) in [4.78, 5) is 0.838. The zero-order chi connectivity index (χ0) is 32.2. The molecule has 0 aliphatic rings. The lowest BCUT2D eigenvalue weighted by Gasteiger charge is -2.28. The fourth-order valence-corrected chi connectivity index (χ4v) is 9.29. The van der Waals surface area contributed by atoms with Crippen molar-refractivity contribution in [3.05, 3.63) is 157 Å². The van der Waals surface area contributed by atoms with E-state index in [0.29, 0.717) is 27.9 Å². The van der Waals surface area contributed by atoms with E-state index in [2.05, 4.69) is 130 Å². The van der Waals surface area contributed by atoms with Gasteiger partial charge in [0, 0.05) is 23.1 Å². The Balaban J connectivity index is 1.51. The minimum Gasteiger partial charge on any atom is -0.364 e. The van der Waals surface area contributed by atoms with Crippen LogP contribution in [0.25, 0.3) is 0 Å². The average molecular weight is 678 g/mol. The first-order chi connectivity index (χ1) is 22.5. The van der Waals surface area contributed by atoms with Gasteiger partial charge in [-0.15, -0.1) is 12.6 Å². The Bertz CT molecular complexity index is 1700. The Kier molecular flexibility index (Phi) is 11.6. The van der Waals surface area contributed by atoms with Gasteiger partial charge < -0.3 is 10.6 Å². The average Bonchev–Trinajstić information content (AvgIpc) is 3.12. The van der Waals surface area contributed by atoms with E-state index < -0.39 is 7.26 Å². The normalized spacial score (nSPS) is 11.8. The van der Waals surface area contributed by atoms with Crippen LogP contribution in [-0.4, -0.2) is 35.0 Å². The highest BCUT2D eigenvalue weighted by molar-refractivity contribution is 7.95. The SMILES string of the molecule is CNC(=S)NN=C(C(=NNC(=S)NC[P+](c1ccccc1)(c1ccccc1)c1ccccc1)c1ccccc1)c1ccc(S)cc1. The molecule has 0 saturated heterocycles. The lowest BCUT2D eigenvalue weighted by atomic mass is 10.00. The number of nitrogens with zero attached hydrogens (tertiary/aromatic N) is 2. The molecule has 0 saturated carbocycles. The van der Waals surface area contributed by atoms with Crippen LogP contribution < -0.4 is 37.4 Å². The van der Waals surface area contributed by atoms with E-state index in [1.54, 1.807) is 7.05 Å². The molecule has 0 aromatic heterocycles. The van der Waals surface area contributed by atoms with Gasteiger partial charge in [-0.2, -0.15) is 10.2 Å². The highest BCUT2D eigenvalue weighted by atomic mass is 32.1. The lowest BCUT2D eigenvalue weighted by molar-refractivity contribution is 0.958. The highest BCUT2D eigenvalue weighted by Gasteiger charge is 2.45. The molecule has 5 rings (SSSR count). The van der Waals surface area contributed by atoms with Crippen molar-refractivity contribution in [3.8, 4) is 0 Å². The van der Waals surface area contributed by atoms with Crippen LogP contribution in [0.2, 0.25) is 0 Å². The molecule has 46 heavy (non-hydrogen) atoms.